The molecular formula is C25H25N9O3. The number of aromatic nitrogens is 4. The Morgan fingerprint density at radius 3 is 2.70 bits per heavy atom. The van der Waals surface area contributed by atoms with Gasteiger partial charge in [0, 0.05) is 42.6 Å². The van der Waals surface area contributed by atoms with Gasteiger partial charge in [-0.05, 0) is 18.2 Å². The second-order valence-corrected chi connectivity index (χ2v) is 8.05. The predicted molar refractivity (Wildman–Crippen MR) is 138 cm³/mol. The van der Waals surface area contributed by atoms with Crippen LogP contribution in [-0.4, -0.2) is 65.9 Å². The topological polar surface area (TPSA) is 142 Å². The Morgan fingerprint density at radius 1 is 1.14 bits per heavy atom. The normalized spacial score (nSPS) is 14.7. The molecule has 0 unspecified atom stereocenters. The number of morpholine rings is 1. The first-order chi connectivity index (χ1) is 19.3. The monoisotopic (exact) mass is 502 g/mol. The molecule has 12 heteroatoms. The van der Waals surface area contributed by atoms with Crippen LogP contribution in [0.1, 0.15) is 20.0 Å². The van der Waals surface area contributed by atoms with Crippen molar-refractivity contribution in [3.63, 3.8) is 0 Å². The summed E-state index contributed by atoms with van der Waals surface area (Å²) >= 11 is 0. The van der Waals surface area contributed by atoms with Gasteiger partial charge < -0.3 is 30.3 Å². The number of hydrogen-bond donors (Lipinski definition) is 3. The van der Waals surface area contributed by atoms with Crippen LogP contribution in [0, 0.1) is 11.3 Å². The molecule has 12 nitrogen and oxygen atoms in total. The van der Waals surface area contributed by atoms with Gasteiger partial charge in [0.1, 0.15) is 28.8 Å². The van der Waals surface area contributed by atoms with Crippen LogP contribution in [0.4, 0.5) is 28.7 Å². The predicted octanol–water partition coefficient (Wildman–Crippen LogP) is 2.69. The molecule has 0 bridgehead atoms. The molecule has 0 atom stereocenters. The Kier molecular flexibility index (Phi) is 5.70. The zero-order valence-corrected chi connectivity index (χ0v) is 19.9. The van der Waals surface area contributed by atoms with Gasteiger partial charge in [-0.2, -0.15) is 10.4 Å². The van der Waals surface area contributed by atoms with E-state index < -0.39 is 12.9 Å². The molecule has 0 aliphatic carbocycles. The van der Waals surface area contributed by atoms with E-state index in [9.17, 15) is 10.1 Å². The van der Waals surface area contributed by atoms with E-state index in [2.05, 4.69) is 36.7 Å². The summed E-state index contributed by atoms with van der Waals surface area (Å²) in [5, 5.41) is 21.9. The quantitative estimate of drug-likeness (QED) is 0.345. The van der Waals surface area contributed by atoms with Crippen molar-refractivity contribution in [2.45, 2.75) is 0 Å². The van der Waals surface area contributed by atoms with E-state index >= 15 is 0 Å². The van der Waals surface area contributed by atoms with Gasteiger partial charge in [-0.15, -0.1) is 0 Å². The van der Waals surface area contributed by atoms with E-state index in [0.29, 0.717) is 47.4 Å². The third-order valence-corrected chi connectivity index (χ3v) is 5.87. The van der Waals surface area contributed by atoms with Gasteiger partial charge in [0.15, 0.2) is 5.75 Å². The number of nitriles is 1. The van der Waals surface area contributed by atoms with Gasteiger partial charge in [-0.3, -0.25) is 4.79 Å². The van der Waals surface area contributed by atoms with Crippen LogP contribution in [0.5, 0.6) is 5.75 Å². The van der Waals surface area contributed by atoms with E-state index in [1.165, 1.54) is 24.0 Å². The van der Waals surface area contributed by atoms with Crippen molar-refractivity contribution in [3.8, 4) is 11.8 Å². The third kappa shape index (κ3) is 4.80. The molecule has 188 valence electrons. The van der Waals surface area contributed by atoms with Crippen molar-refractivity contribution in [2.24, 2.45) is 0 Å². The molecule has 5 heterocycles. The fraction of sp³-hybridized carbons (Fsp3) is 0.240. The first-order valence-corrected chi connectivity index (χ1v) is 11.4. The lowest BCUT2D eigenvalue weighted by Crippen LogP contribution is -2.36. The van der Waals surface area contributed by atoms with Crippen LogP contribution in [0.15, 0.2) is 49.1 Å². The first kappa shape index (κ1) is 20.3. The van der Waals surface area contributed by atoms with Gasteiger partial charge in [-0.25, -0.2) is 14.5 Å². The summed E-state index contributed by atoms with van der Waals surface area (Å²) in [5.41, 5.74) is 2.34. The second-order valence-electron chi connectivity index (χ2n) is 8.05. The van der Waals surface area contributed by atoms with E-state index in [1.54, 1.807) is 24.5 Å². The highest BCUT2D eigenvalue weighted by Crippen LogP contribution is 2.35. The lowest BCUT2D eigenvalue weighted by molar-refractivity contribution is 0.0963. The van der Waals surface area contributed by atoms with E-state index in [-0.39, 0.29) is 11.3 Å². The van der Waals surface area contributed by atoms with Gasteiger partial charge in [0.25, 0.3) is 5.91 Å². The minimum Gasteiger partial charge on any atom is -0.492 e. The summed E-state index contributed by atoms with van der Waals surface area (Å²) in [7, 11) is 1.45. The maximum Gasteiger partial charge on any atom is 0.254 e. The Labute approximate surface area is 217 Å². The van der Waals surface area contributed by atoms with Crippen LogP contribution in [0.3, 0.4) is 0 Å². The van der Waals surface area contributed by atoms with Gasteiger partial charge in [-0.1, -0.05) is 0 Å². The number of nitrogens with zero attached hydrogens (tertiary/aromatic N) is 6. The lowest BCUT2D eigenvalue weighted by atomic mass is 10.2. The van der Waals surface area contributed by atoms with Crippen LogP contribution >= 0.6 is 0 Å². The highest BCUT2D eigenvalue weighted by molar-refractivity contribution is 6.00. The average Bonchev–Trinajstić information content (AvgIpc) is 3.36. The van der Waals surface area contributed by atoms with Crippen molar-refractivity contribution in [2.75, 3.05) is 55.9 Å². The van der Waals surface area contributed by atoms with Crippen molar-refractivity contribution < 1.29 is 18.4 Å². The van der Waals surface area contributed by atoms with Gasteiger partial charge >= 0.3 is 0 Å². The number of nitrogens with one attached hydrogen (secondary N) is 3. The molecule has 37 heavy (non-hydrogen) atoms. The molecule has 0 radical (unpaired) electrons. The lowest BCUT2D eigenvalue weighted by Gasteiger charge is -2.28. The number of anilines is 5. The Morgan fingerprint density at radius 2 is 1.97 bits per heavy atom. The van der Waals surface area contributed by atoms with Crippen molar-refractivity contribution >= 4 is 40.1 Å². The summed E-state index contributed by atoms with van der Waals surface area (Å²) in [6, 6.07) is 9.04. The number of fused-ring (bicyclic) bond motifs is 1. The molecule has 3 N–H and O–H groups in total. The smallest absolute Gasteiger partial charge is 0.254 e. The van der Waals surface area contributed by atoms with Crippen molar-refractivity contribution in [1.29, 1.82) is 5.26 Å². The molecule has 1 aliphatic rings. The largest absolute Gasteiger partial charge is 0.492 e. The van der Waals surface area contributed by atoms with E-state index in [1.807, 2.05) is 17.4 Å². The summed E-state index contributed by atoms with van der Waals surface area (Å²) in [5.74, 6) is 0.329. The molecule has 0 saturated carbocycles. The number of methoxy groups -OCH3 is 1. The Hall–Kier alpha value is -4.89. The number of hydrogen-bond acceptors (Lipinski definition) is 10. The van der Waals surface area contributed by atoms with E-state index in [4.69, 9.17) is 13.6 Å². The van der Waals surface area contributed by atoms with Crippen LogP contribution in [-0.2, 0) is 4.74 Å². The molecule has 0 spiro atoms. The highest BCUT2D eigenvalue weighted by Gasteiger charge is 2.18. The maximum atomic E-state index is 12.9. The van der Waals surface area contributed by atoms with Gasteiger partial charge in [0.05, 0.1) is 55.3 Å². The molecule has 0 aromatic carbocycles. The summed E-state index contributed by atoms with van der Waals surface area (Å²) in [6.07, 6.45) is 6.06. The zero-order valence-electron chi connectivity index (χ0n) is 22.9. The van der Waals surface area contributed by atoms with Gasteiger partial charge in [0.2, 0.25) is 0 Å². The summed E-state index contributed by atoms with van der Waals surface area (Å²) < 4.78 is 34.8. The standard InChI is InChI=1S/C25H25N9O3/c1-27-25(35)18-15-29-22(32-21-4-3-17(14-28-21)33-7-9-37-10-8-33)11-20(18)31-19-5-6-34-23(24(19)36-2)16(12-26)13-30-34/h3-6,11,13-15H,7-10H2,1-2H3,(H,27,35)(H2,28,29,31,32)/i1D3. The number of amides is 1. The molecule has 1 saturated heterocycles. The highest BCUT2D eigenvalue weighted by atomic mass is 16.5. The Bertz CT molecular complexity index is 1580. The fourth-order valence-electron chi connectivity index (χ4n) is 4.06. The fourth-order valence-corrected chi connectivity index (χ4v) is 4.06. The third-order valence-electron chi connectivity index (χ3n) is 5.87. The van der Waals surface area contributed by atoms with E-state index in [0.717, 1.165) is 18.8 Å². The van der Waals surface area contributed by atoms with Crippen LogP contribution < -0.4 is 25.6 Å². The van der Waals surface area contributed by atoms with Crippen LogP contribution in [0.2, 0.25) is 0 Å². The maximum absolute atomic E-state index is 12.9. The van der Waals surface area contributed by atoms with Crippen molar-refractivity contribution in [3.05, 3.63) is 60.2 Å². The average molecular weight is 503 g/mol. The Balaban J connectivity index is 1.47. The number of carbonyl (C=O) groups excluding carboxylic acids is 1. The van der Waals surface area contributed by atoms with Crippen LogP contribution in [0.25, 0.3) is 5.52 Å². The minimum atomic E-state index is -2.70. The molecule has 1 amide bonds. The summed E-state index contributed by atoms with van der Waals surface area (Å²) in [4.78, 5) is 23.8. The zero-order chi connectivity index (χ0) is 28.3. The number of pyridine rings is 3. The minimum absolute atomic E-state index is 0.0201. The second kappa shape index (κ2) is 10.4. The molecule has 1 fully saturated rings. The van der Waals surface area contributed by atoms with Crippen molar-refractivity contribution in [1.82, 2.24) is 24.9 Å². The molecular weight excluding hydrogens is 474 g/mol. The number of carbonyl (C=O) groups is 1. The molecule has 5 rings (SSSR count). The molecule has 4 aromatic heterocycles. The first-order valence-electron chi connectivity index (χ1n) is 12.9. The summed E-state index contributed by atoms with van der Waals surface area (Å²) in [6.45, 7) is 0.202. The number of rotatable bonds is 7. The SMILES string of the molecule is [2H]C([2H])([2H])NC(=O)c1cnc(Nc2ccc(N3CCOCC3)cn2)cc1Nc1ccn2ncc(C#N)c2c1OC. The number of ether oxygens (including phenoxy) is 2. The molecule has 4 aromatic rings. The molecule has 1 aliphatic heterocycles.